The van der Waals surface area contributed by atoms with Crippen molar-refractivity contribution in [3.8, 4) is 0 Å². The van der Waals surface area contributed by atoms with E-state index in [0.717, 1.165) is 31.0 Å². The third-order valence-electron chi connectivity index (χ3n) is 4.54. The van der Waals surface area contributed by atoms with Crippen LogP contribution in [0.2, 0.25) is 0 Å². The number of halogens is 1. The SMILES string of the molecule is CN=C(NCc1ccc(C(=O)NC)cc1)N1CCc2ccccc2C1.I. The smallest absolute Gasteiger partial charge is 0.251 e. The Morgan fingerprint density at radius 3 is 2.46 bits per heavy atom. The van der Waals surface area contributed by atoms with Gasteiger partial charge in [-0.05, 0) is 35.2 Å². The highest BCUT2D eigenvalue weighted by Gasteiger charge is 2.18. The maximum atomic E-state index is 11.6. The molecule has 0 saturated carbocycles. The number of aliphatic imine (C=N–C) groups is 1. The molecule has 0 aliphatic carbocycles. The summed E-state index contributed by atoms with van der Waals surface area (Å²) in [6.07, 6.45) is 1.04. The molecule has 2 aromatic carbocycles. The third kappa shape index (κ3) is 4.75. The molecule has 6 heteroatoms. The van der Waals surface area contributed by atoms with Gasteiger partial charge in [0, 0.05) is 39.3 Å². The lowest BCUT2D eigenvalue weighted by molar-refractivity contribution is 0.0963. The van der Waals surface area contributed by atoms with E-state index in [4.69, 9.17) is 0 Å². The Balaban J connectivity index is 0.00000243. The van der Waals surface area contributed by atoms with Gasteiger partial charge in [0.25, 0.3) is 5.91 Å². The van der Waals surface area contributed by atoms with Gasteiger partial charge in [-0.2, -0.15) is 0 Å². The van der Waals surface area contributed by atoms with Gasteiger partial charge in [0.1, 0.15) is 0 Å². The number of guanidine groups is 1. The van der Waals surface area contributed by atoms with E-state index in [1.807, 2.05) is 31.3 Å². The molecule has 0 bridgehead atoms. The predicted octanol–water partition coefficient (Wildman–Crippen LogP) is 2.80. The van der Waals surface area contributed by atoms with E-state index < -0.39 is 0 Å². The largest absolute Gasteiger partial charge is 0.355 e. The number of hydrogen-bond acceptors (Lipinski definition) is 2. The number of carbonyl (C=O) groups excluding carboxylic acids is 1. The first-order valence-corrected chi connectivity index (χ1v) is 8.54. The van der Waals surface area contributed by atoms with Crippen molar-refractivity contribution in [3.05, 3.63) is 70.8 Å². The molecule has 2 aromatic rings. The molecule has 0 atom stereocenters. The summed E-state index contributed by atoms with van der Waals surface area (Å²) >= 11 is 0. The van der Waals surface area contributed by atoms with Crippen molar-refractivity contribution in [2.24, 2.45) is 4.99 Å². The Labute approximate surface area is 171 Å². The summed E-state index contributed by atoms with van der Waals surface area (Å²) in [5, 5.41) is 6.06. The second-order valence-electron chi connectivity index (χ2n) is 6.12. The van der Waals surface area contributed by atoms with E-state index in [-0.39, 0.29) is 29.9 Å². The second kappa shape index (κ2) is 9.56. The maximum Gasteiger partial charge on any atom is 0.251 e. The molecule has 5 nitrogen and oxygen atoms in total. The highest BCUT2D eigenvalue weighted by Crippen LogP contribution is 2.18. The molecule has 0 fully saturated rings. The molecule has 138 valence electrons. The molecule has 1 aliphatic heterocycles. The molecule has 0 spiro atoms. The Bertz CT molecular complexity index is 774. The van der Waals surface area contributed by atoms with Crippen molar-refractivity contribution in [1.82, 2.24) is 15.5 Å². The minimum absolute atomic E-state index is 0. The summed E-state index contributed by atoms with van der Waals surface area (Å²) in [5.74, 6) is 0.840. The quantitative estimate of drug-likeness (QED) is 0.418. The zero-order valence-electron chi connectivity index (χ0n) is 15.2. The maximum absolute atomic E-state index is 11.6. The van der Waals surface area contributed by atoms with Crippen molar-refractivity contribution in [2.75, 3.05) is 20.6 Å². The third-order valence-corrected chi connectivity index (χ3v) is 4.54. The van der Waals surface area contributed by atoms with Gasteiger partial charge in [0.2, 0.25) is 0 Å². The standard InChI is InChI=1S/C20H24N4O.HI/c1-21-19(25)17-9-7-15(8-10-17)13-23-20(22-2)24-12-11-16-5-3-4-6-18(16)14-24;/h3-10H,11-14H2,1-2H3,(H,21,25)(H,22,23);1H. The van der Waals surface area contributed by atoms with Gasteiger partial charge in [-0.15, -0.1) is 24.0 Å². The van der Waals surface area contributed by atoms with Gasteiger partial charge in [0.15, 0.2) is 5.96 Å². The van der Waals surface area contributed by atoms with Crippen molar-refractivity contribution < 1.29 is 4.79 Å². The van der Waals surface area contributed by atoms with Gasteiger partial charge >= 0.3 is 0 Å². The monoisotopic (exact) mass is 464 g/mol. The van der Waals surface area contributed by atoms with Gasteiger partial charge in [0.05, 0.1) is 0 Å². The number of nitrogens with one attached hydrogen (secondary N) is 2. The molecule has 1 aliphatic rings. The highest BCUT2D eigenvalue weighted by atomic mass is 127. The number of rotatable bonds is 3. The first kappa shape index (κ1) is 20.2. The molecule has 0 radical (unpaired) electrons. The van der Waals surface area contributed by atoms with Crippen LogP contribution in [0, 0.1) is 0 Å². The first-order chi connectivity index (χ1) is 12.2. The lowest BCUT2D eigenvalue weighted by Gasteiger charge is -2.31. The fourth-order valence-corrected chi connectivity index (χ4v) is 3.11. The number of amides is 1. The van der Waals surface area contributed by atoms with Crippen LogP contribution >= 0.6 is 24.0 Å². The lowest BCUT2D eigenvalue weighted by Crippen LogP contribution is -2.43. The summed E-state index contributed by atoms with van der Waals surface area (Å²) in [5.41, 5.74) is 4.58. The van der Waals surface area contributed by atoms with E-state index in [1.165, 1.54) is 11.1 Å². The fourth-order valence-electron chi connectivity index (χ4n) is 3.11. The molecule has 2 N–H and O–H groups in total. The number of nitrogens with zero attached hydrogens (tertiary/aromatic N) is 2. The van der Waals surface area contributed by atoms with Crippen LogP contribution < -0.4 is 10.6 Å². The molecule has 1 amide bonds. The van der Waals surface area contributed by atoms with Crippen LogP contribution in [0.1, 0.15) is 27.0 Å². The van der Waals surface area contributed by atoms with Crippen LogP contribution in [0.5, 0.6) is 0 Å². The molecule has 0 unspecified atom stereocenters. The molecule has 0 saturated heterocycles. The topological polar surface area (TPSA) is 56.7 Å². The molecular weight excluding hydrogens is 439 g/mol. The minimum atomic E-state index is -0.0673. The highest BCUT2D eigenvalue weighted by molar-refractivity contribution is 14.0. The van der Waals surface area contributed by atoms with Gasteiger partial charge in [-0.3, -0.25) is 9.79 Å². The predicted molar refractivity (Wildman–Crippen MR) is 116 cm³/mol. The normalized spacial score (nSPS) is 13.5. The van der Waals surface area contributed by atoms with E-state index >= 15 is 0 Å². The van der Waals surface area contributed by atoms with Crippen LogP contribution in [-0.2, 0) is 19.5 Å². The molecule has 3 rings (SSSR count). The van der Waals surface area contributed by atoms with Gasteiger partial charge < -0.3 is 15.5 Å². The van der Waals surface area contributed by atoms with Crippen molar-refractivity contribution >= 4 is 35.8 Å². The number of hydrogen-bond donors (Lipinski definition) is 2. The minimum Gasteiger partial charge on any atom is -0.355 e. The van der Waals surface area contributed by atoms with E-state index in [9.17, 15) is 4.79 Å². The van der Waals surface area contributed by atoms with Crippen molar-refractivity contribution in [1.29, 1.82) is 0 Å². The van der Waals surface area contributed by atoms with E-state index in [1.54, 1.807) is 7.05 Å². The molecule has 0 aromatic heterocycles. The lowest BCUT2D eigenvalue weighted by atomic mass is 10.0. The Morgan fingerprint density at radius 1 is 1.12 bits per heavy atom. The number of benzene rings is 2. The van der Waals surface area contributed by atoms with Gasteiger partial charge in [-0.25, -0.2) is 0 Å². The summed E-state index contributed by atoms with van der Waals surface area (Å²) in [4.78, 5) is 18.3. The Hall–Kier alpha value is -2.09. The summed E-state index contributed by atoms with van der Waals surface area (Å²) in [6, 6.07) is 16.2. The average Bonchev–Trinajstić information content (AvgIpc) is 2.68. The van der Waals surface area contributed by atoms with Crippen molar-refractivity contribution in [3.63, 3.8) is 0 Å². The number of fused-ring (bicyclic) bond motifs is 1. The van der Waals surface area contributed by atoms with Crippen LogP contribution in [0.4, 0.5) is 0 Å². The van der Waals surface area contributed by atoms with Crippen molar-refractivity contribution in [2.45, 2.75) is 19.5 Å². The number of carbonyl (C=O) groups is 1. The average molecular weight is 464 g/mol. The summed E-state index contributed by atoms with van der Waals surface area (Å²) < 4.78 is 0. The Kier molecular flexibility index (Phi) is 7.44. The molecule has 26 heavy (non-hydrogen) atoms. The van der Waals surface area contributed by atoms with E-state index in [2.05, 4.69) is 44.8 Å². The summed E-state index contributed by atoms with van der Waals surface area (Å²) in [6.45, 7) is 2.52. The zero-order valence-corrected chi connectivity index (χ0v) is 17.5. The first-order valence-electron chi connectivity index (χ1n) is 8.54. The van der Waals surface area contributed by atoms with Crippen LogP contribution in [0.3, 0.4) is 0 Å². The summed E-state index contributed by atoms with van der Waals surface area (Å²) in [7, 11) is 3.45. The Morgan fingerprint density at radius 2 is 1.81 bits per heavy atom. The van der Waals surface area contributed by atoms with Crippen LogP contribution in [0.25, 0.3) is 0 Å². The second-order valence-corrected chi connectivity index (χ2v) is 6.12. The zero-order chi connectivity index (χ0) is 17.6. The van der Waals surface area contributed by atoms with Crippen LogP contribution in [-0.4, -0.2) is 37.4 Å². The molecular formula is C20H25IN4O. The fraction of sp³-hybridized carbons (Fsp3) is 0.300. The van der Waals surface area contributed by atoms with Gasteiger partial charge in [-0.1, -0.05) is 36.4 Å². The molecule has 1 heterocycles. The van der Waals surface area contributed by atoms with E-state index in [0.29, 0.717) is 12.1 Å². The van der Waals surface area contributed by atoms with Crippen LogP contribution in [0.15, 0.2) is 53.5 Å².